The number of likely N-dealkylation sites (tertiary alicyclic amines) is 1. The van der Waals surface area contributed by atoms with E-state index in [2.05, 4.69) is 18.3 Å². The maximum atomic E-state index is 12.3. The summed E-state index contributed by atoms with van der Waals surface area (Å²) in [6.07, 6.45) is 1.94. The molecule has 2 atom stereocenters. The Morgan fingerprint density at radius 3 is 2.71 bits per heavy atom. The molecule has 1 saturated heterocycles. The SMILES string of the molecule is CCc1cccc(-c2c(Cl)cccc2[C@](O)(CCCNC(=O)CO)[C@@H]2CCCN(C(=O)O)C2)c1. The average Bonchev–Trinajstić information content (AvgIpc) is 2.86. The van der Waals surface area contributed by atoms with Gasteiger partial charge in [0, 0.05) is 36.1 Å². The number of hydrogen-bond acceptors (Lipinski definition) is 4. The highest BCUT2D eigenvalue weighted by Crippen LogP contribution is 2.45. The van der Waals surface area contributed by atoms with Gasteiger partial charge < -0.3 is 25.5 Å². The molecule has 2 aromatic rings. The minimum Gasteiger partial charge on any atom is -0.465 e. The van der Waals surface area contributed by atoms with Crippen LogP contribution < -0.4 is 5.32 Å². The van der Waals surface area contributed by atoms with E-state index < -0.39 is 24.2 Å². The van der Waals surface area contributed by atoms with Crippen molar-refractivity contribution >= 4 is 23.6 Å². The quantitative estimate of drug-likeness (QED) is 0.398. The number of amides is 2. The van der Waals surface area contributed by atoms with Crippen molar-refractivity contribution in [3.05, 3.63) is 58.6 Å². The van der Waals surface area contributed by atoms with Crippen molar-refractivity contribution in [3.63, 3.8) is 0 Å². The van der Waals surface area contributed by atoms with E-state index in [1.165, 1.54) is 4.90 Å². The van der Waals surface area contributed by atoms with Crippen LogP contribution in [0.25, 0.3) is 11.1 Å². The third kappa shape index (κ3) is 5.90. The molecule has 0 aromatic heterocycles. The lowest BCUT2D eigenvalue weighted by Gasteiger charge is -2.43. The number of nitrogens with zero attached hydrogens (tertiary/aromatic N) is 1. The Morgan fingerprint density at radius 1 is 1.24 bits per heavy atom. The van der Waals surface area contributed by atoms with Crippen molar-refractivity contribution in [1.82, 2.24) is 10.2 Å². The van der Waals surface area contributed by atoms with Crippen molar-refractivity contribution in [1.29, 1.82) is 0 Å². The minimum absolute atomic E-state index is 0.218. The lowest BCUT2D eigenvalue weighted by atomic mass is 9.72. The molecule has 2 amide bonds. The molecule has 1 aliphatic heterocycles. The van der Waals surface area contributed by atoms with Gasteiger partial charge in [-0.25, -0.2) is 4.79 Å². The number of benzene rings is 2. The van der Waals surface area contributed by atoms with E-state index in [4.69, 9.17) is 16.7 Å². The van der Waals surface area contributed by atoms with Gasteiger partial charge in [0.1, 0.15) is 6.61 Å². The third-order valence-electron chi connectivity index (χ3n) is 6.67. The second-order valence-corrected chi connectivity index (χ2v) is 9.23. The number of hydrogen-bond donors (Lipinski definition) is 4. The Bertz CT molecular complexity index is 1010. The largest absolute Gasteiger partial charge is 0.465 e. The van der Waals surface area contributed by atoms with Gasteiger partial charge in [-0.05, 0) is 54.9 Å². The zero-order valence-corrected chi connectivity index (χ0v) is 20.2. The van der Waals surface area contributed by atoms with Crippen molar-refractivity contribution in [2.75, 3.05) is 26.2 Å². The van der Waals surface area contributed by atoms with Crippen LogP contribution in [0.15, 0.2) is 42.5 Å². The van der Waals surface area contributed by atoms with Gasteiger partial charge in [-0.15, -0.1) is 0 Å². The molecule has 34 heavy (non-hydrogen) atoms. The van der Waals surface area contributed by atoms with Crippen LogP contribution in [0.1, 0.15) is 43.7 Å². The molecule has 1 aliphatic rings. The molecule has 0 unspecified atom stereocenters. The van der Waals surface area contributed by atoms with E-state index in [0.717, 1.165) is 23.1 Å². The summed E-state index contributed by atoms with van der Waals surface area (Å²) in [4.78, 5) is 24.5. The summed E-state index contributed by atoms with van der Waals surface area (Å²) in [7, 11) is 0. The average molecular weight is 489 g/mol. The summed E-state index contributed by atoms with van der Waals surface area (Å²) in [5.74, 6) is -0.810. The highest BCUT2D eigenvalue weighted by Gasteiger charge is 2.42. The summed E-state index contributed by atoms with van der Waals surface area (Å²) < 4.78 is 0. The highest BCUT2D eigenvalue weighted by atomic mass is 35.5. The molecule has 0 spiro atoms. The first kappa shape index (κ1) is 26.0. The summed E-state index contributed by atoms with van der Waals surface area (Å²) in [5.41, 5.74) is 2.10. The first-order valence-corrected chi connectivity index (χ1v) is 12.1. The predicted octanol–water partition coefficient (Wildman–Crippen LogP) is 4.04. The predicted molar refractivity (Wildman–Crippen MR) is 132 cm³/mol. The maximum Gasteiger partial charge on any atom is 0.407 e. The van der Waals surface area contributed by atoms with Crippen molar-refractivity contribution in [2.24, 2.45) is 5.92 Å². The van der Waals surface area contributed by atoms with Crippen LogP contribution in [0, 0.1) is 5.92 Å². The molecule has 0 saturated carbocycles. The molecular weight excluding hydrogens is 456 g/mol. The first-order chi connectivity index (χ1) is 16.3. The van der Waals surface area contributed by atoms with Crippen molar-refractivity contribution in [2.45, 2.75) is 44.6 Å². The van der Waals surface area contributed by atoms with Crippen LogP contribution in [0.5, 0.6) is 0 Å². The molecule has 1 heterocycles. The monoisotopic (exact) mass is 488 g/mol. The Morgan fingerprint density at radius 2 is 2.00 bits per heavy atom. The third-order valence-corrected chi connectivity index (χ3v) is 6.99. The topological polar surface area (TPSA) is 110 Å². The first-order valence-electron chi connectivity index (χ1n) is 11.8. The Labute approximate surface area is 205 Å². The number of aliphatic hydroxyl groups excluding tert-OH is 1. The summed E-state index contributed by atoms with van der Waals surface area (Å²) in [6, 6.07) is 13.5. The molecule has 2 aromatic carbocycles. The number of rotatable bonds is 9. The molecular formula is C26H33ClN2O5. The molecule has 1 fully saturated rings. The second kappa shape index (κ2) is 11.7. The standard InChI is InChI=1S/C26H33ClN2O5/c1-2-18-7-3-8-19(15-18)24-21(10-4-11-22(24)27)26(34,12-6-13-28-23(31)17-30)20-9-5-14-29(16-20)25(32)33/h3-4,7-8,10-11,15,20,30,34H,2,5-6,9,12-14,16-17H2,1H3,(H,28,31)(H,32,33)/t20-,26+/m1/s1. The molecule has 0 aliphatic carbocycles. The highest BCUT2D eigenvalue weighted by molar-refractivity contribution is 6.33. The smallest absolute Gasteiger partial charge is 0.407 e. The maximum absolute atomic E-state index is 12.3. The lowest BCUT2D eigenvalue weighted by molar-refractivity contribution is -0.124. The Kier molecular flexibility index (Phi) is 8.94. The lowest BCUT2D eigenvalue weighted by Crippen LogP contribution is -2.48. The van der Waals surface area contributed by atoms with Gasteiger partial charge in [0.05, 0.1) is 5.60 Å². The summed E-state index contributed by atoms with van der Waals surface area (Å²) in [6.45, 7) is 2.43. The summed E-state index contributed by atoms with van der Waals surface area (Å²) in [5, 5.41) is 34.0. The van der Waals surface area contributed by atoms with Crippen LogP contribution in [-0.4, -0.2) is 58.5 Å². The summed E-state index contributed by atoms with van der Waals surface area (Å²) >= 11 is 6.70. The van der Waals surface area contributed by atoms with Crippen LogP contribution in [0.2, 0.25) is 5.02 Å². The Hall–Kier alpha value is -2.61. The number of aliphatic hydroxyl groups is 2. The number of carbonyl (C=O) groups is 2. The molecule has 8 heteroatoms. The normalized spacial score (nSPS) is 17.8. The molecule has 4 N–H and O–H groups in total. The molecule has 0 radical (unpaired) electrons. The van der Waals surface area contributed by atoms with E-state index in [9.17, 15) is 19.8 Å². The van der Waals surface area contributed by atoms with Gasteiger partial charge in [0.2, 0.25) is 5.91 Å². The number of carbonyl (C=O) groups excluding carboxylic acids is 1. The number of halogens is 1. The van der Waals surface area contributed by atoms with E-state index >= 15 is 0 Å². The van der Waals surface area contributed by atoms with Gasteiger partial charge >= 0.3 is 6.09 Å². The zero-order valence-electron chi connectivity index (χ0n) is 19.5. The molecule has 3 rings (SSSR count). The van der Waals surface area contributed by atoms with E-state index in [0.29, 0.717) is 42.8 Å². The number of carboxylic acid groups (broad SMARTS) is 1. The van der Waals surface area contributed by atoms with E-state index in [1.807, 2.05) is 24.3 Å². The number of piperidine rings is 1. The fraction of sp³-hybridized carbons (Fsp3) is 0.462. The van der Waals surface area contributed by atoms with Gasteiger partial charge in [0.15, 0.2) is 0 Å². The number of aryl methyl sites for hydroxylation is 1. The van der Waals surface area contributed by atoms with E-state index in [-0.39, 0.29) is 19.0 Å². The molecule has 0 bridgehead atoms. The van der Waals surface area contributed by atoms with Crippen molar-refractivity contribution < 1.29 is 24.9 Å². The number of nitrogens with one attached hydrogen (secondary N) is 1. The molecule has 7 nitrogen and oxygen atoms in total. The van der Waals surface area contributed by atoms with Crippen molar-refractivity contribution in [3.8, 4) is 11.1 Å². The molecule has 184 valence electrons. The zero-order chi connectivity index (χ0) is 24.7. The fourth-order valence-electron chi connectivity index (χ4n) is 4.87. The van der Waals surface area contributed by atoms with E-state index in [1.54, 1.807) is 12.1 Å². The van der Waals surface area contributed by atoms with Gasteiger partial charge in [-0.3, -0.25) is 4.79 Å². The fourth-order valence-corrected chi connectivity index (χ4v) is 5.15. The minimum atomic E-state index is -1.36. The Balaban J connectivity index is 2.04. The van der Waals surface area contributed by atoms with Crippen LogP contribution in [0.4, 0.5) is 4.79 Å². The van der Waals surface area contributed by atoms with Crippen LogP contribution in [-0.2, 0) is 16.8 Å². The van der Waals surface area contributed by atoms with Gasteiger partial charge in [-0.2, -0.15) is 0 Å². The van der Waals surface area contributed by atoms with Gasteiger partial charge in [-0.1, -0.05) is 54.9 Å². The second-order valence-electron chi connectivity index (χ2n) is 8.82. The van der Waals surface area contributed by atoms with Gasteiger partial charge in [0.25, 0.3) is 0 Å². The van der Waals surface area contributed by atoms with Crippen LogP contribution >= 0.6 is 11.6 Å². The van der Waals surface area contributed by atoms with Crippen LogP contribution in [0.3, 0.4) is 0 Å².